The van der Waals surface area contributed by atoms with Gasteiger partial charge in [-0.25, -0.2) is 0 Å². The molecule has 0 atom stereocenters. The molecule has 3 aromatic heterocycles. The number of aryl methyl sites for hydroxylation is 1. The van der Waals surface area contributed by atoms with Crippen LogP contribution in [0.3, 0.4) is 0 Å². The number of nitrogens with zero attached hydrogens (tertiary/aromatic N) is 3. The summed E-state index contributed by atoms with van der Waals surface area (Å²) < 4.78 is 1.59. The summed E-state index contributed by atoms with van der Waals surface area (Å²) in [5.41, 5.74) is 2.04. The van der Waals surface area contributed by atoms with Crippen LogP contribution in [0.25, 0.3) is 10.6 Å². The van der Waals surface area contributed by atoms with Gasteiger partial charge in [0.2, 0.25) is 0 Å². The maximum atomic E-state index is 12.2. The van der Waals surface area contributed by atoms with Crippen LogP contribution < -0.4 is 5.32 Å². The van der Waals surface area contributed by atoms with Crippen molar-refractivity contribution in [3.63, 3.8) is 0 Å². The predicted octanol–water partition coefficient (Wildman–Crippen LogP) is 2.80. The third-order valence-corrected chi connectivity index (χ3v) is 3.72. The first-order valence-electron chi connectivity index (χ1n) is 6.03. The lowest BCUT2D eigenvalue weighted by Gasteiger charge is -2.04. The van der Waals surface area contributed by atoms with Crippen LogP contribution in [0, 0.1) is 0 Å². The van der Waals surface area contributed by atoms with Crippen LogP contribution >= 0.6 is 11.3 Å². The van der Waals surface area contributed by atoms with Crippen LogP contribution in [0.2, 0.25) is 0 Å². The quantitative estimate of drug-likeness (QED) is 0.804. The molecule has 0 saturated carbocycles. The number of anilines is 1. The van der Waals surface area contributed by atoms with E-state index in [9.17, 15) is 4.79 Å². The molecule has 3 heterocycles. The molecule has 5 nitrogen and oxygen atoms in total. The molecule has 100 valence electrons. The lowest BCUT2D eigenvalue weighted by atomic mass is 10.3. The van der Waals surface area contributed by atoms with E-state index in [2.05, 4.69) is 15.4 Å². The minimum atomic E-state index is -0.186. The zero-order valence-electron chi connectivity index (χ0n) is 10.8. The highest BCUT2D eigenvalue weighted by atomic mass is 32.1. The average Bonchev–Trinajstić information content (AvgIpc) is 3.08. The molecule has 20 heavy (non-hydrogen) atoms. The van der Waals surface area contributed by atoms with Gasteiger partial charge in [-0.05, 0) is 29.6 Å². The fourth-order valence-electron chi connectivity index (χ4n) is 1.85. The van der Waals surface area contributed by atoms with Gasteiger partial charge in [-0.1, -0.05) is 6.07 Å². The number of carbonyl (C=O) groups is 1. The summed E-state index contributed by atoms with van der Waals surface area (Å²) in [6.45, 7) is 0. The normalized spacial score (nSPS) is 10.4. The van der Waals surface area contributed by atoms with E-state index in [-0.39, 0.29) is 5.91 Å². The van der Waals surface area contributed by atoms with E-state index in [0.717, 1.165) is 10.6 Å². The standard InChI is InChI=1S/C14H12N4OS/c1-18-12(9-11(17-18)13-3-2-8-20-13)14(19)16-10-4-6-15-7-5-10/h2-9H,1H3,(H,15,16,19). The maximum Gasteiger partial charge on any atom is 0.273 e. The Kier molecular flexibility index (Phi) is 3.30. The molecule has 3 aromatic rings. The number of nitrogens with one attached hydrogen (secondary N) is 1. The Labute approximate surface area is 119 Å². The molecular formula is C14H12N4OS. The molecule has 0 aliphatic carbocycles. The highest BCUT2D eigenvalue weighted by Crippen LogP contribution is 2.24. The second-order valence-corrected chi connectivity index (χ2v) is 5.15. The van der Waals surface area contributed by atoms with Gasteiger partial charge in [0.1, 0.15) is 11.4 Å². The Balaban J connectivity index is 1.85. The highest BCUT2D eigenvalue weighted by molar-refractivity contribution is 7.13. The number of carbonyl (C=O) groups excluding carboxylic acids is 1. The van der Waals surface area contributed by atoms with Crippen LogP contribution in [0.15, 0.2) is 48.1 Å². The van der Waals surface area contributed by atoms with E-state index in [1.54, 1.807) is 53.7 Å². The van der Waals surface area contributed by atoms with Crippen LogP contribution in [0.5, 0.6) is 0 Å². The van der Waals surface area contributed by atoms with Crippen molar-refractivity contribution in [3.8, 4) is 10.6 Å². The lowest BCUT2D eigenvalue weighted by Crippen LogP contribution is -2.15. The van der Waals surface area contributed by atoms with Gasteiger partial charge in [0, 0.05) is 25.1 Å². The Morgan fingerprint density at radius 1 is 1.30 bits per heavy atom. The van der Waals surface area contributed by atoms with E-state index >= 15 is 0 Å². The molecule has 3 rings (SSSR count). The van der Waals surface area contributed by atoms with Crippen LogP contribution in [-0.4, -0.2) is 20.7 Å². The summed E-state index contributed by atoms with van der Waals surface area (Å²) in [7, 11) is 1.76. The third kappa shape index (κ3) is 2.46. The van der Waals surface area contributed by atoms with Crippen molar-refractivity contribution in [1.82, 2.24) is 14.8 Å². The Morgan fingerprint density at radius 3 is 2.80 bits per heavy atom. The molecule has 0 bridgehead atoms. The SMILES string of the molecule is Cn1nc(-c2cccs2)cc1C(=O)Nc1ccncc1. The Bertz CT molecular complexity index is 719. The van der Waals surface area contributed by atoms with E-state index in [1.807, 2.05) is 17.5 Å². The van der Waals surface area contributed by atoms with Gasteiger partial charge in [0.15, 0.2) is 0 Å². The minimum Gasteiger partial charge on any atom is -0.321 e. The van der Waals surface area contributed by atoms with Gasteiger partial charge in [0.25, 0.3) is 5.91 Å². The first-order valence-corrected chi connectivity index (χ1v) is 6.91. The summed E-state index contributed by atoms with van der Waals surface area (Å²) in [6, 6.07) is 9.23. The van der Waals surface area contributed by atoms with E-state index < -0.39 is 0 Å². The minimum absolute atomic E-state index is 0.186. The van der Waals surface area contributed by atoms with Crippen molar-refractivity contribution in [3.05, 3.63) is 53.8 Å². The summed E-state index contributed by atoms with van der Waals surface area (Å²) >= 11 is 1.60. The molecule has 1 N–H and O–H groups in total. The molecule has 1 amide bonds. The van der Waals surface area contributed by atoms with Crippen molar-refractivity contribution in [2.75, 3.05) is 5.32 Å². The smallest absolute Gasteiger partial charge is 0.273 e. The number of thiophene rings is 1. The molecule has 0 fully saturated rings. The van der Waals surface area contributed by atoms with Gasteiger partial charge < -0.3 is 5.32 Å². The summed E-state index contributed by atoms with van der Waals surface area (Å²) in [4.78, 5) is 17.2. The Hall–Kier alpha value is -2.47. The number of rotatable bonds is 3. The van der Waals surface area contributed by atoms with E-state index in [1.165, 1.54) is 0 Å². The van der Waals surface area contributed by atoms with Crippen molar-refractivity contribution in [1.29, 1.82) is 0 Å². The first kappa shape index (κ1) is 12.6. The zero-order valence-corrected chi connectivity index (χ0v) is 11.6. The van der Waals surface area contributed by atoms with Crippen molar-refractivity contribution >= 4 is 22.9 Å². The van der Waals surface area contributed by atoms with E-state index in [4.69, 9.17) is 0 Å². The summed E-state index contributed by atoms with van der Waals surface area (Å²) in [5.74, 6) is -0.186. The topological polar surface area (TPSA) is 59.8 Å². The van der Waals surface area contributed by atoms with Gasteiger partial charge in [-0.2, -0.15) is 5.10 Å². The third-order valence-electron chi connectivity index (χ3n) is 2.82. The van der Waals surface area contributed by atoms with Crippen LogP contribution in [0.4, 0.5) is 5.69 Å². The molecule has 0 aliphatic heterocycles. The van der Waals surface area contributed by atoms with Gasteiger partial charge in [0.05, 0.1) is 4.88 Å². The first-order chi connectivity index (χ1) is 9.74. The lowest BCUT2D eigenvalue weighted by molar-refractivity contribution is 0.101. The largest absolute Gasteiger partial charge is 0.321 e. The van der Waals surface area contributed by atoms with Gasteiger partial charge in [-0.15, -0.1) is 11.3 Å². The van der Waals surface area contributed by atoms with Crippen LogP contribution in [0.1, 0.15) is 10.5 Å². The second kappa shape index (κ2) is 5.26. The summed E-state index contributed by atoms with van der Waals surface area (Å²) in [5, 5.41) is 9.18. The zero-order chi connectivity index (χ0) is 13.9. The van der Waals surface area contributed by atoms with Crippen LogP contribution in [-0.2, 0) is 7.05 Å². The summed E-state index contributed by atoms with van der Waals surface area (Å²) in [6.07, 6.45) is 3.27. The van der Waals surface area contributed by atoms with Gasteiger partial charge in [-0.3, -0.25) is 14.5 Å². The molecule has 6 heteroatoms. The van der Waals surface area contributed by atoms with Crippen molar-refractivity contribution in [2.24, 2.45) is 7.05 Å². The number of amides is 1. The molecule has 0 saturated heterocycles. The number of hydrogen-bond donors (Lipinski definition) is 1. The number of aromatic nitrogens is 3. The predicted molar refractivity (Wildman–Crippen MR) is 78.7 cm³/mol. The van der Waals surface area contributed by atoms with E-state index in [0.29, 0.717) is 11.4 Å². The number of pyridine rings is 1. The number of hydrogen-bond acceptors (Lipinski definition) is 4. The Morgan fingerprint density at radius 2 is 2.10 bits per heavy atom. The molecule has 0 radical (unpaired) electrons. The fourth-order valence-corrected chi connectivity index (χ4v) is 2.54. The molecule has 0 aromatic carbocycles. The maximum absolute atomic E-state index is 12.2. The van der Waals surface area contributed by atoms with Crippen molar-refractivity contribution < 1.29 is 4.79 Å². The molecule has 0 aliphatic rings. The highest BCUT2D eigenvalue weighted by Gasteiger charge is 2.14. The molecule has 0 unspecified atom stereocenters. The van der Waals surface area contributed by atoms with Crippen molar-refractivity contribution in [2.45, 2.75) is 0 Å². The monoisotopic (exact) mass is 284 g/mol. The average molecular weight is 284 g/mol. The fraction of sp³-hybridized carbons (Fsp3) is 0.0714. The second-order valence-electron chi connectivity index (χ2n) is 4.21. The molecular weight excluding hydrogens is 272 g/mol. The van der Waals surface area contributed by atoms with Gasteiger partial charge >= 0.3 is 0 Å². The molecule has 0 spiro atoms.